The number of carbonyl (C=O) groups excluding carboxylic acids is 2. The first kappa shape index (κ1) is 45.3. The van der Waals surface area contributed by atoms with E-state index in [4.69, 9.17) is 55.7 Å². The number of quaternary nitrogens is 1. The van der Waals surface area contributed by atoms with E-state index >= 15 is 4.39 Å². The SMILES string of the molecule is CC(C)C(=O)Nc1nc2c(nnn2[C@@H]2O[C@@H]3COP(=S)(OCCC#N)O[C@H]4[C@H](F)[C@H](n5nnc6c(NC(=O)c7ccccc7)ncnc65)O[C@@H]4COP([O-])(=S)O[C@H]2C3)c(=O)[nH]1.[NH4+]. The number of rotatable bonds is 9. The molecule has 330 valence electrons. The van der Waals surface area contributed by atoms with E-state index in [0.29, 0.717) is 5.56 Å². The molecule has 9 atom stereocenters. The van der Waals surface area contributed by atoms with Crippen LogP contribution < -0.4 is 27.2 Å². The third kappa shape index (κ3) is 9.45. The lowest BCUT2D eigenvalue weighted by Crippen LogP contribution is -2.35. The number of nitrogens with one attached hydrogen (secondary N) is 3. The maximum atomic E-state index is 16.8. The fourth-order valence-electron chi connectivity index (χ4n) is 6.40. The summed E-state index contributed by atoms with van der Waals surface area (Å²) >= 11 is 11.0. The minimum absolute atomic E-state index is 0. The molecule has 62 heavy (non-hydrogen) atoms. The highest BCUT2D eigenvalue weighted by atomic mass is 32.5. The molecule has 3 aliphatic rings. The van der Waals surface area contributed by atoms with E-state index in [1.807, 2.05) is 6.07 Å². The average molecular weight is 939 g/mol. The van der Waals surface area contributed by atoms with Crippen molar-refractivity contribution < 1.29 is 51.0 Å². The van der Waals surface area contributed by atoms with Crippen LogP contribution in [0.15, 0.2) is 41.5 Å². The van der Waals surface area contributed by atoms with Crippen molar-refractivity contribution >= 4 is 83.0 Å². The Balaban J connectivity index is 0.00000578. The molecule has 0 saturated carbocycles. The van der Waals surface area contributed by atoms with Crippen molar-refractivity contribution in [3.8, 4) is 6.07 Å². The van der Waals surface area contributed by atoms with Crippen molar-refractivity contribution in [3.63, 3.8) is 0 Å². The van der Waals surface area contributed by atoms with Gasteiger partial charge in [-0.3, -0.25) is 29.2 Å². The van der Waals surface area contributed by atoms with E-state index in [-0.39, 0.29) is 66.3 Å². The highest BCUT2D eigenvalue weighted by Crippen LogP contribution is 2.56. The molecule has 7 heterocycles. The number of aromatic amines is 1. The number of hydrogen-bond donors (Lipinski definition) is 4. The minimum atomic E-state index is -4.52. The summed E-state index contributed by atoms with van der Waals surface area (Å²) < 4.78 is 60.7. The normalized spacial score (nSPS) is 28.9. The summed E-state index contributed by atoms with van der Waals surface area (Å²) in [5.74, 6) is -1.59. The maximum Gasteiger partial charge on any atom is 0.327 e. The summed E-state index contributed by atoms with van der Waals surface area (Å²) in [6.45, 7) is -6.55. The number of ether oxygens (including phenoxy) is 2. The minimum Gasteiger partial charge on any atom is -0.780 e. The second-order valence-electron chi connectivity index (χ2n) is 13.8. The van der Waals surface area contributed by atoms with Gasteiger partial charge >= 0.3 is 6.72 Å². The molecular formula is C32H37FN14O11P2S2. The Kier molecular flexibility index (Phi) is 13.6. The first-order valence-electron chi connectivity index (χ1n) is 18.3. The van der Waals surface area contributed by atoms with Crippen LogP contribution in [0.25, 0.3) is 22.3 Å². The number of anilines is 2. The quantitative estimate of drug-likeness (QED) is 0.121. The van der Waals surface area contributed by atoms with E-state index in [9.17, 15) is 24.5 Å². The van der Waals surface area contributed by atoms with Crippen LogP contribution >= 0.6 is 13.4 Å². The summed E-state index contributed by atoms with van der Waals surface area (Å²) in [5.41, 5.74) is -0.773. The monoisotopic (exact) mass is 938 g/mol. The molecule has 25 nitrogen and oxygen atoms in total. The van der Waals surface area contributed by atoms with Gasteiger partial charge in [0.2, 0.25) is 11.9 Å². The molecule has 8 rings (SSSR count). The molecule has 3 saturated heterocycles. The van der Waals surface area contributed by atoms with Gasteiger partial charge in [0.25, 0.3) is 11.5 Å². The third-order valence-corrected chi connectivity index (χ3v) is 13.2. The van der Waals surface area contributed by atoms with Crippen molar-refractivity contribution in [1.82, 2.24) is 56.1 Å². The molecule has 0 aliphatic carbocycles. The average Bonchev–Trinajstić information content (AvgIpc) is 4.02. The van der Waals surface area contributed by atoms with Gasteiger partial charge in [0, 0.05) is 17.9 Å². The van der Waals surface area contributed by atoms with Gasteiger partial charge in [0.15, 0.2) is 46.8 Å². The van der Waals surface area contributed by atoms with Gasteiger partial charge in [-0.2, -0.15) is 19.6 Å². The lowest BCUT2D eigenvalue weighted by atomic mass is 10.1. The lowest BCUT2D eigenvalue weighted by Gasteiger charge is -2.33. The number of carbonyl (C=O) groups is 2. The molecule has 30 heteroatoms. The number of H-pyrrole nitrogens is 1. The summed E-state index contributed by atoms with van der Waals surface area (Å²) in [4.78, 5) is 67.2. The van der Waals surface area contributed by atoms with E-state index in [1.54, 1.807) is 44.2 Å². The second kappa shape index (κ2) is 18.6. The smallest absolute Gasteiger partial charge is 0.327 e. The van der Waals surface area contributed by atoms with E-state index in [1.165, 1.54) is 0 Å². The fraction of sp³-hybridized carbons (Fsp3) is 0.469. The third-order valence-electron chi connectivity index (χ3n) is 9.32. The molecule has 2 unspecified atom stereocenters. The molecule has 2 amide bonds. The first-order valence-corrected chi connectivity index (χ1v) is 23.5. The number of nitrogens with zero attached hydrogens (tertiary/aromatic N) is 10. The van der Waals surface area contributed by atoms with E-state index < -0.39 is 86.4 Å². The molecule has 0 radical (unpaired) electrons. The largest absolute Gasteiger partial charge is 0.780 e. The van der Waals surface area contributed by atoms with Crippen LogP contribution in [-0.2, 0) is 60.5 Å². The van der Waals surface area contributed by atoms with Crippen LogP contribution in [0.5, 0.6) is 0 Å². The summed E-state index contributed by atoms with van der Waals surface area (Å²) in [7, 11) is 0. The van der Waals surface area contributed by atoms with Gasteiger partial charge in [-0.15, -0.1) is 10.2 Å². The molecule has 3 fully saturated rings. The molecule has 7 N–H and O–H groups in total. The van der Waals surface area contributed by atoms with Crippen LogP contribution in [0.3, 0.4) is 0 Å². The number of amides is 2. The van der Waals surface area contributed by atoms with Crippen molar-refractivity contribution in [2.75, 3.05) is 30.5 Å². The van der Waals surface area contributed by atoms with Crippen LogP contribution in [0.2, 0.25) is 0 Å². The Morgan fingerprint density at radius 1 is 1.03 bits per heavy atom. The topological polar surface area (TPSA) is 339 Å². The first-order chi connectivity index (χ1) is 29.2. The van der Waals surface area contributed by atoms with Crippen LogP contribution in [0.1, 0.15) is 49.5 Å². The highest BCUT2D eigenvalue weighted by molar-refractivity contribution is 8.07. The number of fused-ring (bicyclic) bond motifs is 5. The Morgan fingerprint density at radius 2 is 1.77 bits per heavy atom. The molecule has 2 bridgehead atoms. The standard InChI is InChI=1S/C32H34FN13O11P2S2.H3N/c1-15(2)27(47)39-32-38-26-22(29(49)40-32)42-44-46(26)30-18-11-17(54-30)12-53-59(61,51-10-6-9-34)57-23-19(13-52-58(50,60)56-18)55-31(20(23)33)45-25-21(41-43-45)24(35-14-36-25)37-28(48)16-7-4-3-5-8-16;/h3-5,7-8,14-15,17-20,23,30-31H,6,10-13H2,1-2H3,(H,50,60)(H,35,36,37,48)(H2,38,39,40,47,49);1H3/t17-,18-,19+,20-,23+,30+,31+,58?,59?;/m0./s1. The van der Waals surface area contributed by atoms with Crippen molar-refractivity contribution in [3.05, 3.63) is 52.6 Å². The van der Waals surface area contributed by atoms with Gasteiger partial charge in [-0.05, 0) is 23.9 Å². The summed E-state index contributed by atoms with van der Waals surface area (Å²) in [5, 5.41) is 30.5. The van der Waals surface area contributed by atoms with Crippen molar-refractivity contribution in [2.24, 2.45) is 5.92 Å². The summed E-state index contributed by atoms with van der Waals surface area (Å²) in [6, 6.07) is 10.2. The maximum absolute atomic E-state index is 16.8. The number of hydrogen-bond acceptors (Lipinski definition) is 21. The molecule has 5 aromatic rings. The number of benzene rings is 1. The van der Waals surface area contributed by atoms with Crippen molar-refractivity contribution in [1.29, 1.82) is 5.26 Å². The number of alkyl halides is 1. The van der Waals surface area contributed by atoms with Crippen LogP contribution in [0.4, 0.5) is 16.2 Å². The zero-order valence-electron chi connectivity index (χ0n) is 32.7. The van der Waals surface area contributed by atoms with Gasteiger partial charge in [-0.1, -0.05) is 54.3 Å². The molecule has 0 spiro atoms. The second-order valence-corrected chi connectivity index (χ2v) is 19.5. The lowest BCUT2D eigenvalue weighted by molar-refractivity contribution is -0.217. The molecular weight excluding hydrogens is 902 g/mol. The number of nitriles is 1. The predicted octanol–water partition coefficient (Wildman–Crippen LogP) is 2.05. The van der Waals surface area contributed by atoms with Crippen molar-refractivity contribution in [2.45, 2.75) is 69.7 Å². The Morgan fingerprint density at radius 3 is 2.52 bits per heavy atom. The van der Waals surface area contributed by atoms with E-state index in [2.05, 4.69) is 51.2 Å². The Bertz CT molecular complexity index is 2670. The van der Waals surface area contributed by atoms with Gasteiger partial charge in [0.05, 0.1) is 38.4 Å². The number of aromatic nitrogens is 10. The molecule has 4 aromatic heterocycles. The number of halogens is 1. The molecule has 3 aliphatic heterocycles. The zero-order chi connectivity index (χ0) is 43.1. The zero-order valence-corrected chi connectivity index (χ0v) is 36.1. The van der Waals surface area contributed by atoms with Gasteiger partial charge in [0.1, 0.15) is 31.4 Å². The fourth-order valence-corrected chi connectivity index (χ4v) is 9.94. The predicted molar refractivity (Wildman–Crippen MR) is 217 cm³/mol. The van der Waals surface area contributed by atoms with Crippen LogP contribution in [-0.4, -0.2) is 112 Å². The van der Waals surface area contributed by atoms with E-state index in [0.717, 1.165) is 15.7 Å². The van der Waals surface area contributed by atoms with Crippen LogP contribution in [0, 0.1) is 17.2 Å². The highest BCUT2D eigenvalue weighted by Gasteiger charge is 2.52. The summed E-state index contributed by atoms with van der Waals surface area (Å²) in [6.07, 6.45) is -9.38. The van der Waals surface area contributed by atoms with Gasteiger partial charge < -0.3 is 43.9 Å². The Labute approximate surface area is 359 Å². The van der Waals surface area contributed by atoms with Gasteiger partial charge in [-0.25, -0.2) is 14.4 Å². The molecule has 1 aromatic carbocycles. The Hall–Kier alpha value is -4.72.